The van der Waals surface area contributed by atoms with Gasteiger partial charge in [0.2, 0.25) is 0 Å². The second-order valence-corrected chi connectivity index (χ2v) is 5.03. The molecule has 2 aliphatic rings. The Labute approximate surface area is 103 Å². The molecule has 1 saturated carbocycles. The minimum atomic E-state index is -0.0577. The molecule has 1 aliphatic carbocycles. The SMILES string of the molecule is COCCNC(=O)NC12CCCCC1NCC2. The number of amides is 2. The molecule has 0 aromatic heterocycles. The summed E-state index contributed by atoms with van der Waals surface area (Å²) in [6.45, 7) is 2.14. The van der Waals surface area contributed by atoms with Crippen molar-refractivity contribution in [2.75, 3.05) is 26.8 Å². The standard InChI is InChI=1S/C12H23N3O2/c1-17-9-8-14-11(16)15-12-5-3-2-4-10(12)13-7-6-12/h10,13H,2-9H2,1H3,(H2,14,15,16). The quantitative estimate of drug-likeness (QED) is 0.632. The Kier molecular flexibility index (Phi) is 4.23. The molecule has 1 aliphatic heterocycles. The van der Waals surface area contributed by atoms with Crippen LogP contribution in [0.1, 0.15) is 32.1 Å². The first-order valence-corrected chi connectivity index (χ1v) is 6.55. The zero-order valence-electron chi connectivity index (χ0n) is 10.6. The molecule has 0 aromatic carbocycles. The maximum atomic E-state index is 11.8. The van der Waals surface area contributed by atoms with Gasteiger partial charge >= 0.3 is 6.03 Å². The lowest BCUT2D eigenvalue weighted by Crippen LogP contribution is -2.59. The highest BCUT2D eigenvalue weighted by atomic mass is 16.5. The molecule has 2 amide bonds. The summed E-state index contributed by atoms with van der Waals surface area (Å²) < 4.78 is 4.91. The number of fused-ring (bicyclic) bond motifs is 1. The number of nitrogens with one attached hydrogen (secondary N) is 3. The monoisotopic (exact) mass is 241 g/mol. The number of methoxy groups -OCH3 is 1. The first-order chi connectivity index (χ1) is 8.27. The van der Waals surface area contributed by atoms with Crippen LogP contribution in [0.25, 0.3) is 0 Å². The van der Waals surface area contributed by atoms with Crippen molar-refractivity contribution in [1.82, 2.24) is 16.0 Å². The summed E-state index contributed by atoms with van der Waals surface area (Å²) in [5.41, 5.74) is -0.00456. The van der Waals surface area contributed by atoms with E-state index in [1.54, 1.807) is 7.11 Å². The Morgan fingerprint density at radius 1 is 1.47 bits per heavy atom. The van der Waals surface area contributed by atoms with Gasteiger partial charge in [0, 0.05) is 19.7 Å². The van der Waals surface area contributed by atoms with Gasteiger partial charge in [0.25, 0.3) is 0 Å². The van der Waals surface area contributed by atoms with Gasteiger partial charge in [0.1, 0.15) is 0 Å². The minimum Gasteiger partial charge on any atom is -0.383 e. The van der Waals surface area contributed by atoms with Crippen LogP contribution >= 0.6 is 0 Å². The maximum absolute atomic E-state index is 11.8. The largest absolute Gasteiger partial charge is 0.383 e. The van der Waals surface area contributed by atoms with Crippen LogP contribution in [0.2, 0.25) is 0 Å². The third-order valence-corrected chi connectivity index (χ3v) is 3.95. The van der Waals surface area contributed by atoms with Crippen molar-refractivity contribution in [3.8, 4) is 0 Å². The lowest BCUT2D eigenvalue weighted by atomic mass is 9.78. The Morgan fingerprint density at radius 2 is 2.35 bits per heavy atom. The molecule has 0 aromatic rings. The van der Waals surface area contributed by atoms with Crippen molar-refractivity contribution in [2.45, 2.75) is 43.7 Å². The number of hydrogen-bond donors (Lipinski definition) is 3. The summed E-state index contributed by atoms with van der Waals surface area (Å²) in [6.07, 6.45) is 5.82. The zero-order chi connectivity index (χ0) is 12.1. The highest BCUT2D eigenvalue weighted by Gasteiger charge is 2.45. The first-order valence-electron chi connectivity index (χ1n) is 6.55. The summed E-state index contributed by atoms with van der Waals surface area (Å²) in [5.74, 6) is 0. The van der Waals surface area contributed by atoms with Crippen LogP contribution in [-0.4, -0.2) is 44.4 Å². The van der Waals surface area contributed by atoms with Crippen molar-refractivity contribution in [2.24, 2.45) is 0 Å². The average molecular weight is 241 g/mol. The third kappa shape index (κ3) is 2.90. The van der Waals surface area contributed by atoms with Crippen LogP contribution in [-0.2, 0) is 4.74 Å². The molecular weight excluding hydrogens is 218 g/mol. The Morgan fingerprint density at radius 3 is 3.18 bits per heavy atom. The topological polar surface area (TPSA) is 62.4 Å². The van der Waals surface area contributed by atoms with Gasteiger partial charge in [-0.25, -0.2) is 4.79 Å². The van der Waals surface area contributed by atoms with Gasteiger partial charge < -0.3 is 20.7 Å². The van der Waals surface area contributed by atoms with Crippen molar-refractivity contribution in [3.05, 3.63) is 0 Å². The van der Waals surface area contributed by atoms with Crippen molar-refractivity contribution in [3.63, 3.8) is 0 Å². The summed E-state index contributed by atoms with van der Waals surface area (Å²) in [7, 11) is 1.64. The zero-order valence-corrected chi connectivity index (χ0v) is 10.6. The highest BCUT2D eigenvalue weighted by Crippen LogP contribution is 2.34. The molecule has 5 heteroatoms. The van der Waals surface area contributed by atoms with E-state index in [0.29, 0.717) is 19.2 Å². The second-order valence-electron chi connectivity index (χ2n) is 5.03. The predicted molar refractivity (Wildman–Crippen MR) is 66.0 cm³/mol. The minimum absolute atomic E-state index is 0.00456. The molecule has 0 radical (unpaired) electrons. The number of hydrogen-bond acceptors (Lipinski definition) is 3. The van der Waals surface area contributed by atoms with Crippen LogP contribution in [0.15, 0.2) is 0 Å². The number of carbonyl (C=O) groups excluding carboxylic acids is 1. The molecule has 2 unspecified atom stereocenters. The number of rotatable bonds is 4. The third-order valence-electron chi connectivity index (χ3n) is 3.95. The van der Waals surface area contributed by atoms with E-state index in [4.69, 9.17) is 4.74 Å². The normalized spacial score (nSPS) is 31.9. The number of ether oxygens (including phenoxy) is 1. The summed E-state index contributed by atoms with van der Waals surface area (Å²) in [5, 5.41) is 9.53. The molecule has 17 heavy (non-hydrogen) atoms. The average Bonchev–Trinajstić information content (AvgIpc) is 2.72. The summed E-state index contributed by atoms with van der Waals surface area (Å²) >= 11 is 0. The van der Waals surface area contributed by atoms with Gasteiger partial charge in [-0.05, 0) is 25.8 Å². The van der Waals surface area contributed by atoms with Gasteiger partial charge in [0.05, 0.1) is 12.1 Å². The second kappa shape index (κ2) is 5.69. The van der Waals surface area contributed by atoms with E-state index in [9.17, 15) is 4.79 Å². The fourth-order valence-corrected chi connectivity index (χ4v) is 3.05. The molecule has 0 spiro atoms. The van der Waals surface area contributed by atoms with Gasteiger partial charge in [-0.3, -0.25) is 0 Å². The van der Waals surface area contributed by atoms with E-state index in [1.165, 1.54) is 19.3 Å². The van der Waals surface area contributed by atoms with E-state index < -0.39 is 0 Å². The summed E-state index contributed by atoms with van der Waals surface area (Å²) in [6, 6.07) is 0.405. The molecule has 5 nitrogen and oxygen atoms in total. The fourth-order valence-electron chi connectivity index (χ4n) is 3.05. The molecule has 98 valence electrons. The predicted octanol–water partition coefficient (Wildman–Crippen LogP) is 0.607. The van der Waals surface area contributed by atoms with Gasteiger partial charge in [-0.15, -0.1) is 0 Å². The number of carbonyl (C=O) groups is 1. The fraction of sp³-hybridized carbons (Fsp3) is 0.917. The van der Waals surface area contributed by atoms with E-state index in [0.717, 1.165) is 19.4 Å². The maximum Gasteiger partial charge on any atom is 0.315 e. The molecule has 0 bridgehead atoms. The Hall–Kier alpha value is -0.810. The molecule has 2 atom stereocenters. The van der Waals surface area contributed by atoms with Crippen molar-refractivity contribution >= 4 is 6.03 Å². The lowest BCUT2D eigenvalue weighted by molar-refractivity contribution is 0.181. The van der Waals surface area contributed by atoms with E-state index in [2.05, 4.69) is 16.0 Å². The van der Waals surface area contributed by atoms with Gasteiger partial charge in [-0.2, -0.15) is 0 Å². The molecule has 2 rings (SSSR count). The molecule has 1 saturated heterocycles. The van der Waals surface area contributed by atoms with Crippen LogP contribution in [0.5, 0.6) is 0 Å². The molecule has 1 heterocycles. The number of urea groups is 1. The van der Waals surface area contributed by atoms with E-state index in [1.807, 2.05) is 0 Å². The first kappa shape index (κ1) is 12.6. The van der Waals surface area contributed by atoms with E-state index >= 15 is 0 Å². The van der Waals surface area contributed by atoms with Crippen LogP contribution in [0, 0.1) is 0 Å². The molecule has 2 fully saturated rings. The molecular formula is C12H23N3O2. The van der Waals surface area contributed by atoms with Crippen LogP contribution in [0.4, 0.5) is 4.79 Å². The lowest BCUT2D eigenvalue weighted by Gasteiger charge is -2.39. The van der Waals surface area contributed by atoms with E-state index in [-0.39, 0.29) is 11.6 Å². The van der Waals surface area contributed by atoms with Crippen LogP contribution < -0.4 is 16.0 Å². The van der Waals surface area contributed by atoms with Gasteiger partial charge in [0.15, 0.2) is 0 Å². The smallest absolute Gasteiger partial charge is 0.315 e. The Bertz CT molecular complexity index is 272. The molecule has 3 N–H and O–H groups in total. The van der Waals surface area contributed by atoms with Crippen LogP contribution in [0.3, 0.4) is 0 Å². The van der Waals surface area contributed by atoms with Crippen molar-refractivity contribution < 1.29 is 9.53 Å². The highest BCUT2D eigenvalue weighted by molar-refractivity contribution is 5.75. The van der Waals surface area contributed by atoms with Crippen molar-refractivity contribution in [1.29, 1.82) is 0 Å². The summed E-state index contributed by atoms with van der Waals surface area (Å²) in [4.78, 5) is 11.8. The Balaban J connectivity index is 1.85. The van der Waals surface area contributed by atoms with Gasteiger partial charge in [-0.1, -0.05) is 12.8 Å².